The molecule has 0 bridgehead atoms. The summed E-state index contributed by atoms with van der Waals surface area (Å²) in [6, 6.07) is 35.6. The molecule has 0 fully saturated rings. The Bertz CT molecular complexity index is 2950. The number of carbonyl (C=O) groups is 2. The molecule has 21 nitrogen and oxygen atoms in total. The van der Waals surface area contributed by atoms with Crippen LogP contribution in [0.4, 0.5) is 22.7 Å². The summed E-state index contributed by atoms with van der Waals surface area (Å²) in [6.45, 7) is -0.360. The fourth-order valence-corrected chi connectivity index (χ4v) is 9.41. The van der Waals surface area contributed by atoms with Gasteiger partial charge < -0.3 is 50.1 Å². The van der Waals surface area contributed by atoms with Crippen LogP contribution < -0.4 is 40.2 Å². The SMILES string of the molecule is COc1ccc(C(C=O)(CNc2ccc(CO[P+](=O)OCc3ccc(NCC(C=O)(NCC(O)c4ccc(O)c(NS(C)(=O)=O)c4)c4ccc(OC)cc4)cc3)cc2)NCC(O)c2ccc(O)c(NS(C)(=O)=O)c2)cc1. The number of anilines is 4. The minimum atomic E-state index is -3.73. The van der Waals surface area contributed by atoms with Crippen LogP contribution in [0.25, 0.3) is 0 Å². The van der Waals surface area contributed by atoms with Crippen LogP contribution in [-0.2, 0) is 67.5 Å². The molecule has 76 heavy (non-hydrogen) atoms. The fourth-order valence-electron chi connectivity index (χ4n) is 7.70. The highest BCUT2D eigenvalue weighted by molar-refractivity contribution is 7.92. The molecule has 4 unspecified atom stereocenters. The zero-order chi connectivity index (χ0) is 55.1. The maximum absolute atomic E-state index is 13.0. The van der Waals surface area contributed by atoms with E-state index in [-0.39, 0.29) is 73.4 Å². The first-order chi connectivity index (χ1) is 36.2. The molecule has 404 valence electrons. The summed E-state index contributed by atoms with van der Waals surface area (Å²) in [5.74, 6) is 0.464. The number of hydrogen-bond donors (Lipinski definition) is 10. The molecule has 0 heterocycles. The predicted octanol–water partition coefficient (Wildman–Crippen LogP) is 5.91. The third-order valence-corrected chi connectivity index (χ3v) is 13.8. The number of nitrogens with one attached hydrogen (secondary N) is 6. The number of phenols is 2. The van der Waals surface area contributed by atoms with Crippen LogP contribution in [-0.4, -0.2) is 103 Å². The van der Waals surface area contributed by atoms with Crippen LogP contribution in [0.3, 0.4) is 0 Å². The van der Waals surface area contributed by atoms with E-state index < -0.39 is 51.6 Å². The number of rotatable bonds is 30. The van der Waals surface area contributed by atoms with E-state index in [1.165, 1.54) is 50.6 Å². The number of carbonyl (C=O) groups excluding carboxylic acids is 2. The van der Waals surface area contributed by atoms with Gasteiger partial charge in [-0.1, -0.05) is 60.7 Å². The molecule has 0 saturated heterocycles. The Balaban J connectivity index is 1.02. The number of aliphatic hydroxyl groups is 2. The minimum absolute atomic E-state index is 0.0188. The number of methoxy groups -OCH3 is 2. The average Bonchev–Trinajstić information content (AvgIpc) is 3.41. The smallest absolute Gasteiger partial charge is 0.506 e. The molecule has 6 rings (SSSR count). The minimum Gasteiger partial charge on any atom is -0.506 e. The molecule has 6 aromatic carbocycles. The summed E-state index contributed by atoms with van der Waals surface area (Å²) < 4.78 is 86.1. The van der Waals surface area contributed by atoms with Crippen molar-refractivity contribution in [2.75, 3.05) is 73.0 Å². The molecule has 0 aliphatic carbocycles. The molecule has 0 saturated carbocycles. The Morgan fingerprint density at radius 1 is 0.553 bits per heavy atom. The summed E-state index contributed by atoms with van der Waals surface area (Å²) in [7, 11) is -6.97. The highest BCUT2D eigenvalue weighted by atomic mass is 32.2. The van der Waals surface area contributed by atoms with Gasteiger partial charge in [0.1, 0.15) is 59.9 Å². The predicted molar refractivity (Wildman–Crippen MR) is 288 cm³/mol. The van der Waals surface area contributed by atoms with Gasteiger partial charge in [0.05, 0.1) is 50.3 Å². The van der Waals surface area contributed by atoms with Gasteiger partial charge in [-0.05, 0) is 106 Å². The topological polar surface area (TPSA) is 310 Å². The molecule has 0 amide bonds. The largest absolute Gasteiger partial charge is 0.698 e. The van der Waals surface area contributed by atoms with Crippen molar-refractivity contribution in [3.63, 3.8) is 0 Å². The quantitative estimate of drug-likeness (QED) is 0.0142. The number of ether oxygens (including phenoxy) is 2. The van der Waals surface area contributed by atoms with Crippen molar-refractivity contribution in [2.24, 2.45) is 0 Å². The van der Waals surface area contributed by atoms with Crippen LogP contribution in [0.2, 0.25) is 0 Å². The van der Waals surface area contributed by atoms with Crippen molar-refractivity contribution in [3.8, 4) is 23.0 Å². The second-order valence-corrected chi connectivity index (χ2v) is 22.1. The van der Waals surface area contributed by atoms with E-state index in [0.717, 1.165) is 25.1 Å². The zero-order valence-corrected chi connectivity index (χ0v) is 44.3. The molecular formula is C52H60N6O15PS2+. The van der Waals surface area contributed by atoms with E-state index in [9.17, 15) is 51.4 Å². The second-order valence-electron chi connectivity index (χ2n) is 17.6. The van der Waals surface area contributed by atoms with Gasteiger partial charge in [0, 0.05) is 42.1 Å². The summed E-state index contributed by atoms with van der Waals surface area (Å²) in [5.41, 5.74) is 1.26. The first-order valence-corrected chi connectivity index (χ1v) is 28.1. The third kappa shape index (κ3) is 16.4. The molecule has 24 heteroatoms. The molecule has 0 aliphatic heterocycles. The van der Waals surface area contributed by atoms with Crippen molar-refractivity contribution in [1.82, 2.24) is 10.6 Å². The second kappa shape index (κ2) is 26.0. The van der Waals surface area contributed by atoms with Gasteiger partial charge in [-0.3, -0.25) is 20.1 Å². The Labute approximate surface area is 441 Å². The lowest BCUT2D eigenvalue weighted by atomic mass is 9.90. The van der Waals surface area contributed by atoms with Gasteiger partial charge in [-0.15, -0.1) is 9.05 Å². The highest BCUT2D eigenvalue weighted by Crippen LogP contribution is 2.33. The first kappa shape index (κ1) is 58.1. The maximum Gasteiger partial charge on any atom is 0.698 e. The molecule has 0 radical (unpaired) electrons. The van der Waals surface area contributed by atoms with Gasteiger partial charge in [0.25, 0.3) is 0 Å². The molecule has 10 N–H and O–H groups in total. The lowest BCUT2D eigenvalue weighted by Crippen LogP contribution is -2.50. The maximum atomic E-state index is 13.0. The van der Waals surface area contributed by atoms with E-state index in [1.54, 1.807) is 97.1 Å². The molecule has 4 atom stereocenters. The lowest BCUT2D eigenvalue weighted by Gasteiger charge is -2.32. The number of sulfonamides is 2. The van der Waals surface area contributed by atoms with Gasteiger partial charge in [-0.2, -0.15) is 0 Å². The van der Waals surface area contributed by atoms with Crippen molar-refractivity contribution in [2.45, 2.75) is 36.5 Å². The number of aldehydes is 2. The summed E-state index contributed by atoms with van der Waals surface area (Å²) >= 11 is 0. The highest BCUT2D eigenvalue weighted by Gasteiger charge is 2.34. The van der Waals surface area contributed by atoms with Gasteiger partial charge in [-0.25, -0.2) is 16.8 Å². The van der Waals surface area contributed by atoms with Gasteiger partial charge >= 0.3 is 8.25 Å². The van der Waals surface area contributed by atoms with Crippen molar-refractivity contribution in [1.29, 1.82) is 0 Å². The Morgan fingerprint density at radius 2 is 0.908 bits per heavy atom. The number of phenolic OH excluding ortho intramolecular Hbond substituents is 2. The van der Waals surface area contributed by atoms with Crippen LogP contribution in [0.5, 0.6) is 23.0 Å². The van der Waals surface area contributed by atoms with E-state index >= 15 is 0 Å². The van der Waals surface area contributed by atoms with E-state index in [0.29, 0.717) is 45.1 Å². The monoisotopic (exact) mass is 1100 g/mol. The summed E-state index contributed by atoms with van der Waals surface area (Å²) in [5, 5.41) is 55.5. The standard InChI is InChI=1S/C52H59N6O15PS2/c1-70-43-19-11-39(12-20-43)51(33-59,55-27-49(63)37-9-23-47(61)45(25-37)57-75(3,66)67)31-53-41-15-5-35(6-16-41)29-72-74(65)73-30-36-7-17-42(18-8-36)54-32-52(34-60,40-13-21-44(71-2)22-14-40)56-28-50(64)38-10-24-48(62)46(26-38)58-76(4,68)69/h5-26,33-34,49-50,53-58,63-64H,27-32H2,1-4H3,(H-,61,62)/p+1. The van der Waals surface area contributed by atoms with E-state index in [2.05, 4.69) is 30.7 Å². The Morgan fingerprint density at radius 3 is 1.22 bits per heavy atom. The third-order valence-electron chi connectivity index (χ3n) is 12.0. The van der Waals surface area contributed by atoms with Gasteiger partial charge in [0.2, 0.25) is 20.0 Å². The molecule has 0 spiro atoms. The summed E-state index contributed by atoms with van der Waals surface area (Å²) in [4.78, 5) is 26.0. The van der Waals surface area contributed by atoms with Gasteiger partial charge in [0.15, 0.2) is 0 Å². The number of aromatic hydroxyl groups is 2. The van der Waals surface area contributed by atoms with Crippen molar-refractivity contribution in [3.05, 3.63) is 167 Å². The molecule has 6 aromatic rings. The summed E-state index contributed by atoms with van der Waals surface area (Å²) in [6.07, 6.45) is 0.847. The normalized spacial score (nSPS) is 14.2. The van der Waals surface area contributed by atoms with Crippen LogP contribution in [0.1, 0.15) is 45.6 Å². The van der Waals surface area contributed by atoms with Crippen LogP contribution in [0, 0.1) is 0 Å². The fraction of sp³-hybridized carbons (Fsp3) is 0.269. The number of hydrogen-bond acceptors (Lipinski definition) is 19. The Hall–Kier alpha value is -7.18. The number of aliphatic hydroxyl groups excluding tert-OH is 2. The van der Waals surface area contributed by atoms with Crippen LogP contribution in [0.15, 0.2) is 133 Å². The van der Waals surface area contributed by atoms with Crippen LogP contribution >= 0.6 is 8.25 Å². The zero-order valence-electron chi connectivity index (χ0n) is 41.8. The van der Waals surface area contributed by atoms with Crippen molar-refractivity contribution < 1.29 is 69.9 Å². The van der Waals surface area contributed by atoms with E-state index in [1.807, 2.05) is 0 Å². The lowest BCUT2D eigenvalue weighted by molar-refractivity contribution is -0.114. The first-order valence-electron chi connectivity index (χ1n) is 23.2. The van der Waals surface area contributed by atoms with E-state index in [4.69, 9.17) is 18.5 Å². The number of benzene rings is 6. The Kier molecular flexibility index (Phi) is 19.9. The molecule has 0 aliphatic rings. The van der Waals surface area contributed by atoms with Crippen molar-refractivity contribution >= 4 is 63.6 Å². The molecular weight excluding hydrogens is 1040 g/mol. The molecule has 0 aromatic heterocycles. The average molecular weight is 1100 g/mol.